The van der Waals surface area contributed by atoms with E-state index in [0.717, 1.165) is 0 Å². The van der Waals surface area contributed by atoms with Crippen LogP contribution in [0.3, 0.4) is 0 Å². The van der Waals surface area contributed by atoms with Gasteiger partial charge in [-0.15, -0.1) is 0 Å². The second kappa shape index (κ2) is 11.9. The summed E-state index contributed by atoms with van der Waals surface area (Å²) in [6.07, 6.45) is 6.47. The number of hydrogen-bond acceptors (Lipinski definition) is 2. The molecule has 0 amide bonds. The third kappa shape index (κ3) is 6.95. The topological polar surface area (TPSA) is 34.1 Å². The third-order valence-corrected chi connectivity index (χ3v) is 8.55. The molecule has 0 saturated heterocycles. The molecule has 188 valence electrons. The molecule has 4 aromatic rings. The summed E-state index contributed by atoms with van der Waals surface area (Å²) in [5.74, 6) is -0.763. The van der Waals surface area contributed by atoms with Crippen LogP contribution in [0.25, 0.3) is 12.2 Å². The Bertz CT molecular complexity index is 1390. The molecule has 0 fully saturated rings. The normalized spacial score (nSPS) is 13.7. The Morgan fingerprint density at radius 2 is 0.865 bits per heavy atom. The molecular weight excluding hydrogens is 533 g/mol. The molecule has 2 atom stereocenters. The van der Waals surface area contributed by atoms with Crippen LogP contribution in [0.2, 0.25) is 10.0 Å². The zero-order valence-electron chi connectivity index (χ0n) is 19.4. The van der Waals surface area contributed by atoms with Crippen LogP contribution >= 0.6 is 23.2 Å². The van der Waals surface area contributed by atoms with E-state index >= 15 is 0 Å². The van der Waals surface area contributed by atoms with E-state index in [4.69, 9.17) is 23.2 Å². The number of hydrogen-bond donors (Lipinski definition) is 0. The molecule has 2 unspecified atom stereocenters. The minimum absolute atomic E-state index is 0.382. The fourth-order valence-electron chi connectivity index (χ4n) is 3.83. The second-order valence-electron chi connectivity index (χ2n) is 8.35. The molecule has 4 aromatic carbocycles. The molecule has 0 aromatic heterocycles. The van der Waals surface area contributed by atoms with E-state index in [1.165, 1.54) is 24.3 Å². The molecule has 0 aliphatic rings. The lowest BCUT2D eigenvalue weighted by molar-refractivity contribution is 0.584. The first-order valence-corrected chi connectivity index (χ1v) is 13.7. The quantitative estimate of drug-likeness (QED) is 0.218. The molecule has 0 aliphatic carbocycles. The average molecular weight is 555 g/mol. The van der Waals surface area contributed by atoms with Gasteiger partial charge in [-0.1, -0.05) is 96.0 Å². The number of benzene rings is 4. The summed E-state index contributed by atoms with van der Waals surface area (Å²) in [4.78, 5) is 0. The molecule has 0 spiro atoms. The predicted molar refractivity (Wildman–Crippen MR) is 148 cm³/mol. The Labute approximate surface area is 225 Å². The number of rotatable bonds is 8. The van der Waals surface area contributed by atoms with Gasteiger partial charge in [0, 0.05) is 10.0 Å². The first-order valence-electron chi connectivity index (χ1n) is 11.3. The Balaban J connectivity index is 1.81. The highest BCUT2D eigenvalue weighted by Crippen LogP contribution is 2.38. The SMILES string of the molecule is O=S(=O)(C(/C=C/c1ccc(F)cc1)c1ccc(Cl)cc1)C(/C=C/c1ccc(F)cc1)c1ccc(Cl)cc1. The minimum atomic E-state index is -3.96. The fraction of sp³-hybridized carbons (Fsp3) is 0.0667. The molecule has 0 bridgehead atoms. The van der Waals surface area contributed by atoms with Gasteiger partial charge in [0.25, 0.3) is 0 Å². The molecule has 37 heavy (non-hydrogen) atoms. The van der Waals surface area contributed by atoms with Crippen molar-refractivity contribution < 1.29 is 17.2 Å². The van der Waals surface area contributed by atoms with Gasteiger partial charge in [0.15, 0.2) is 9.84 Å². The molecule has 4 rings (SSSR count). The van der Waals surface area contributed by atoms with Crippen LogP contribution in [0.1, 0.15) is 32.8 Å². The van der Waals surface area contributed by atoms with Crippen molar-refractivity contribution in [1.29, 1.82) is 0 Å². The van der Waals surface area contributed by atoms with Crippen molar-refractivity contribution >= 4 is 45.2 Å². The fourth-order valence-corrected chi connectivity index (χ4v) is 6.06. The molecule has 0 N–H and O–H groups in total. The van der Waals surface area contributed by atoms with E-state index in [9.17, 15) is 17.2 Å². The van der Waals surface area contributed by atoms with Crippen LogP contribution in [0.5, 0.6) is 0 Å². The van der Waals surface area contributed by atoms with Crippen LogP contribution < -0.4 is 0 Å². The van der Waals surface area contributed by atoms with Crippen LogP contribution in [-0.2, 0) is 9.84 Å². The van der Waals surface area contributed by atoms with Gasteiger partial charge >= 0.3 is 0 Å². The standard InChI is InChI=1S/C30H22Cl2F2O2S/c31-25-11-7-23(8-12-25)29(19-5-21-1-15-27(33)16-2-21)37(35,36)30(24-9-13-26(32)14-10-24)20-6-22-3-17-28(34)18-4-22/h1-20,29-30H/b19-5+,20-6+. The summed E-state index contributed by atoms with van der Waals surface area (Å²) in [5.41, 5.74) is 2.36. The highest BCUT2D eigenvalue weighted by molar-refractivity contribution is 7.92. The smallest absolute Gasteiger partial charge is 0.171 e. The third-order valence-electron chi connectivity index (χ3n) is 5.77. The Kier molecular flexibility index (Phi) is 8.59. The van der Waals surface area contributed by atoms with Gasteiger partial charge in [-0.25, -0.2) is 17.2 Å². The maximum Gasteiger partial charge on any atom is 0.171 e. The molecule has 0 aliphatic heterocycles. The van der Waals surface area contributed by atoms with Crippen molar-refractivity contribution in [3.63, 3.8) is 0 Å². The van der Waals surface area contributed by atoms with Gasteiger partial charge in [0.05, 0.1) is 0 Å². The van der Waals surface area contributed by atoms with Crippen LogP contribution in [0.4, 0.5) is 8.78 Å². The molecule has 0 heterocycles. The van der Waals surface area contributed by atoms with Crippen LogP contribution in [0, 0.1) is 11.6 Å². The first-order chi connectivity index (χ1) is 17.7. The first kappa shape index (κ1) is 26.8. The summed E-state index contributed by atoms with van der Waals surface area (Å²) in [6, 6.07) is 24.8. The van der Waals surface area contributed by atoms with Crippen molar-refractivity contribution in [3.8, 4) is 0 Å². The lowest BCUT2D eigenvalue weighted by Crippen LogP contribution is -2.19. The monoisotopic (exact) mass is 554 g/mol. The maximum atomic E-state index is 14.3. The van der Waals surface area contributed by atoms with E-state index in [0.29, 0.717) is 32.3 Å². The highest BCUT2D eigenvalue weighted by atomic mass is 35.5. The van der Waals surface area contributed by atoms with Crippen molar-refractivity contribution in [1.82, 2.24) is 0 Å². The van der Waals surface area contributed by atoms with Gasteiger partial charge in [0.1, 0.15) is 22.1 Å². The minimum Gasteiger partial charge on any atom is -0.227 e. The molecule has 2 nitrogen and oxygen atoms in total. The second-order valence-corrected chi connectivity index (χ2v) is 11.4. The zero-order valence-corrected chi connectivity index (χ0v) is 21.8. The van der Waals surface area contributed by atoms with Gasteiger partial charge in [-0.2, -0.15) is 0 Å². The Morgan fingerprint density at radius 3 is 1.19 bits per heavy atom. The van der Waals surface area contributed by atoms with E-state index < -0.39 is 20.3 Å². The lowest BCUT2D eigenvalue weighted by atomic mass is 10.1. The lowest BCUT2D eigenvalue weighted by Gasteiger charge is -2.22. The maximum absolute atomic E-state index is 14.3. The van der Waals surface area contributed by atoms with Crippen LogP contribution in [0.15, 0.2) is 109 Å². The average Bonchev–Trinajstić information content (AvgIpc) is 2.88. The van der Waals surface area contributed by atoms with Gasteiger partial charge in [-0.3, -0.25) is 0 Å². The van der Waals surface area contributed by atoms with Gasteiger partial charge in [0.2, 0.25) is 0 Å². The van der Waals surface area contributed by atoms with Crippen molar-refractivity contribution in [2.45, 2.75) is 10.5 Å². The van der Waals surface area contributed by atoms with Crippen molar-refractivity contribution in [2.75, 3.05) is 0 Å². The number of sulfone groups is 1. The van der Waals surface area contributed by atoms with E-state index in [1.807, 2.05) is 0 Å². The summed E-state index contributed by atoms with van der Waals surface area (Å²) in [7, 11) is -3.96. The van der Waals surface area contributed by atoms with E-state index in [2.05, 4.69) is 0 Å². The summed E-state index contributed by atoms with van der Waals surface area (Å²) < 4.78 is 55.3. The van der Waals surface area contributed by atoms with E-state index in [-0.39, 0.29) is 11.6 Å². The predicted octanol–water partition coefficient (Wildman–Crippen LogP) is 8.90. The molecular formula is C30H22Cl2F2O2S. The Morgan fingerprint density at radius 1 is 0.541 bits per heavy atom. The van der Waals surface area contributed by atoms with E-state index in [1.54, 1.807) is 97.1 Å². The van der Waals surface area contributed by atoms with Crippen LogP contribution in [-0.4, -0.2) is 8.42 Å². The highest BCUT2D eigenvalue weighted by Gasteiger charge is 2.33. The molecule has 0 saturated carbocycles. The summed E-state index contributed by atoms with van der Waals surface area (Å²) in [6.45, 7) is 0. The van der Waals surface area contributed by atoms with Gasteiger partial charge in [-0.05, 0) is 70.8 Å². The Hall–Kier alpha value is -3.25. The molecule has 7 heteroatoms. The number of halogens is 4. The van der Waals surface area contributed by atoms with Gasteiger partial charge < -0.3 is 0 Å². The van der Waals surface area contributed by atoms with Crippen molar-refractivity contribution in [2.24, 2.45) is 0 Å². The molecule has 0 radical (unpaired) electrons. The van der Waals surface area contributed by atoms with Crippen molar-refractivity contribution in [3.05, 3.63) is 153 Å². The summed E-state index contributed by atoms with van der Waals surface area (Å²) in [5, 5.41) is -1.14. The zero-order chi connectivity index (χ0) is 26.4. The largest absolute Gasteiger partial charge is 0.227 e. The summed E-state index contributed by atoms with van der Waals surface area (Å²) >= 11 is 12.1.